The molecular formula is C21H29N3O3. The van der Waals surface area contributed by atoms with E-state index in [1.54, 1.807) is 0 Å². The van der Waals surface area contributed by atoms with E-state index < -0.39 is 0 Å². The minimum Gasteiger partial charge on any atom is -0.378 e. The van der Waals surface area contributed by atoms with Gasteiger partial charge in [0.2, 0.25) is 11.8 Å². The Hall–Kier alpha value is -2.21. The highest BCUT2D eigenvalue weighted by molar-refractivity contribution is 6.02. The van der Waals surface area contributed by atoms with Gasteiger partial charge in [0.1, 0.15) is 0 Å². The van der Waals surface area contributed by atoms with Crippen molar-refractivity contribution in [2.45, 2.75) is 58.1 Å². The number of hydrogen-bond donors (Lipinski definition) is 1. The fourth-order valence-corrected chi connectivity index (χ4v) is 3.54. The molecule has 3 rings (SSSR count). The van der Waals surface area contributed by atoms with Crippen LogP contribution in [0.15, 0.2) is 35.4 Å². The van der Waals surface area contributed by atoms with Gasteiger partial charge in [-0.2, -0.15) is 5.10 Å². The van der Waals surface area contributed by atoms with Crippen LogP contribution < -0.4 is 5.32 Å². The molecule has 1 aromatic rings. The standard InChI is InChI=1S/C21H29N3O3/c1-15(2)19-14-17(11-13-27-19)22-20(25)8-9-21(26)24-12-10-18(23-24)16-6-4-3-5-7-16/h3-7,15,17,19H,8-14H2,1-2H3,(H,22,25)/t17-,19+/m0/s1. The number of hydrazone groups is 1. The fourth-order valence-electron chi connectivity index (χ4n) is 3.54. The molecule has 2 heterocycles. The highest BCUT2D eigenvalue weighted by Crippen LogP contribution is 2.20. The Balaban J connectivity index is 1.44. The number of hydrogen-bond acceptors (Lipinski definition) is 4. The third-order valence-electron chi connectivity index (χ3n) is 5.19. The number of rotatable bonds is 6. The first-order valence-electron chi connectivity index (χ1n) is 9.87. The van der Waals surface area contributed by atoms with Crippen LogP contribution in [0.25, 0.3) is 0 Å². The molecule has 1 N–H and O–H groups in total. The van der Waals surface area contributed by atoms with Gasteiger partial charge in [0, 0.05) is 31.9 Å². The Morgan fingerprint density at radius 3 is 2.78 bits per heavy atom. The topological polar surface area (TPSA) is 71.0 Å². The first-order chi connectivity index (χ1) is 13.0. The van der Waals surface area contributed by atoms with Crippen LogP contribution in [-0.2, 0) is 14.3 Å². The highest BCUT2D eigenvalue weighted by atomic mass is 16.5. The molecule has 146 valence electrons. The van der Waals surface area contributed by atoms with Crippen molar-refractivity contribution in [1.82, 2.24) is 10.3 Å². The molecule has 0 radical (unpaired) electrons. The van der Waals surface area contributed by atoms with E-state index in [0.717, 1.165) is 30.5 Å². The van der Waals surface area contributed by atoms with Crippen molar-refractivity contribution in [3.05, 3.63) is 35.9 Å². The summed E-state index contributed by atoms with van der Waals surface area (Å²) in [5, 5.41) is 8.99. The summed E-state index contributed by atoms with van der Waals surface area (Å²) in [5.41, 5.74) is 1.97. The summed E-state index contributed by atoms with van der Waals surface area (Å²) in [6.45, 7) is 5.53. The smallest absolute Gasteiger partial charge is 0.243 e. The molecule has 0 aliphatic carbocycles. The molecule has 2 aliphatic heterocycles. The maximum Gasteiger partial charge on any atom is 0.243 e. The van der Waals surface area contributed by atoms with Crippen molar-refractivity contribution in [3.8, 4) is 0 Å². The molecular weight excluding hydrogens is 342 g/mol. The van der Waals surface area contributed by atoms with Crippen molar-refractivity contribution < 1.29 is 14.3 Å². The van der Waals surface area contributed by atoms with E-state index in [-0.39, 0.29) is 36.8 Å². The lowest BCUT2D eigenvalue weighted by molar-refractivity contribution is -0.133. The van der Waals surface area contributed by atoms with E-state index in [2.05, 4.69) is 24.3 Å². The zero-order valence-electron chi connectivity index (χ0n) is 16.2. The summed E-state index contributed by atoms with van der Waals surface area (Å²) in [5.74, 6) is 0.283. The second kappa shape index (κ2) is 9.13. The summed E-state index contributed by atoms with van der Waals surface area (Å²) in [7, 11) is 0. The molecule has 6 heteroatoms. The molecule has 2 amide bonds. The van der Waals surface area contributed by atoms with E-state index in [0.29, 0.717) is 19.1 Å². The van der Waals surface area contributed by atoms with Crippen LogP contribution in [0.3, 0.4) is 0 Å². The van der Waals surface area contributed by atoms with Crippen LogP contribution in [0, 0.1) is 5.92 Å². The first kappa shape index (κ1) is 19.5. The number of benzene rings is 1. The fraction of sp³-hybridized carbons (Fsp3) is 0.571. The molecule has 0 saturated carbocycles. The van der Waals surface area contributed by atoms with Crippen molar-refractivity contribution in [2.75, 3.05) is 13.2 Å². The molecule has 1 aromatic carbocycles. The van der Waals surface area contributed by atoms with Crippen LogP contribution in [-0.4, -0.2) is 47.8 Å². The molecule has 0 unspecified atom stereocenters. The predicted molar refractivity (Wildman–Crippen MR) is 104 cm³/mol. The van der Waals surface area contributed by atoms with Crippen molar-refractivity contribution in [2.24, 2.45) is 11.0 Å². The lowest BCUT2D eigenvalue weighted by atomic mass is 9.95. The average Bonchev–Trinajstić information content (AvgIpc) is 3.17. The number of nitrogens with zero attached hydrogens (tertiary/aromatic N) is 2. The summed E-state index contributed by atoms with van der Waals surface area (Å²) in [6, 6.07) is 10.0. The number of carbonyl (C=O) groups is 2. The summed E-state index contributed by atoms with van der Waals surface area (Å²) >= 11 is 0. The lowest BCUT2D eigenvalue weighted by Crippen LogP contribution is -2.43. The molecule has 1 saturated heterocycles. The number of carbonyl (C=O) groups excluding carboxylic acids is 2. The van der Waals surface area contributed by atoms with Crippen LogP contribution >= 0.6 is 0 Å². The summed E-state index contributed by atoms with van der Waals surface area (Å²) in [6.07, 6.45) is 3.01. The first-order valence-corrected chi connectivity index (χ1v) is 9.87. The van der Waals surface area contributed by atoms with Gasteiger partial charge in [0.25, 0.3) is 0 Å². The van der Waals surface area contributed by atoms with Crippen LogP contribution in [0.1, 0.15) is 51.5 Å². The van der Waals surface area contributed by atoms with E-state index in [4.69, 9.17) is 4.74 Å². The van der Waals surface area contributed by atoms with Gasteiger partial charge in [-0.1, -0.05) is 44.2 Å². The third-order valence-corrected chi connectivity index (χ3v) is 5.19. The number of amides is 2. The molecule has 0 aromatic heterocycles. The Labute approximate surface area is 161 Å². The normalized spacial score (nSPS) is 22.6. The number of nitrogens with one attached hydrogen (secondary N) is 1. The zero-order valence-corrected chi connectivity index (χ0v) is 16.2. The lowest BCUT2D eigenvalue weighted by Gasteiger charge is -2.32. The van der Waals surface area contributed by atoms with Gasteiger partial charge in [0.15, 0.2) is 0 Å². The molecule has 6 nitrogen and oxygen atoms in total. The minimum absolute atomic E-state index is 0.0655. The summed E-state index contributed by atoms with van der Waals surface area (Å²) in [4.78, 5) is 24.6. The van der Waals surface area contributed by atoms with Crippen molar-refractivity contribution >= 4 is 17.5 Å². The third kappa shape index (κ3) is 5.39. The van der Waals surface area contributed by atoms with Gasteiger partial charge in [-0.3, -0.25) is 9.59 Å². The van der Waals surface area contributed by atoms with E-state index >= 15 is 0 Å². The van der Waals surface area contributed by atoms with Gasteiger partial charge in [-0.15, -0.1) is 0 Å². The predicted octanol–water partition coefficient (Wildman–Crippen LogP) is 2.72. The quantitative estimate of drug-likeness (QED) is 0.836. The van der Waals surface area contributed by atoms with Gasteiger partial charge >= 0.3 is 0 Å². The molecule has 0 spiro atoms. The van der Waals surface area contributed by atoms with Gasteiger partial charge < -0.3 is 10.1 Å². The molecule has 2 atom stereocenters. The second-order valence-electron chi connectivity index (χ2n) is 7.62. The molecule has 2 aliphatic rings. The van der Waals surface area contributed by atoms with E-state index in [9.17, 15) is 9.59 Å². The van der Waals surface area contributed by atoms with Gasteiger partial charge in [0.05, 0.1) is 18.4 Å². The van der Waals surface area contributed by atoms with Crippen LogP contribution in [0.4, 0.5) is 0 Å². The summed E-state index contributed by atoms with van der Waals surface area (Å²) < 4.78 is 5.74. The Morgan fingerprint density at radius 1 is 1.26 bits per heavy atom. The average molecular weight is 371 g/mol. The SMILES string of the molecule is CC(C)[C@H]1C[C@@H](NC(=O)CCC(=O)N2CCC(c3ccccc3)=N2)CCO1. The van der Waals surface area contributed by atoms with Gasteiger partial charge in [-0.05, 0) is 24.3 Å². The van der Waals surface area contributed by atoms with Crippen molar-refractivity contribution in [3.63, 3.8) is 0 Å². The Kier molecular flexibility index (Phi) is 6.61. The van der Waals surface area contributed by atoms with E-state index in [1.807, 2.05) is 30.3 Å². The monoisotopic (exact) mass is 371 g/mol. The maximum atomic E-state index is 12.4. The van der Waals surface area contributed by atoms with Crippen LogP contribution in [0.2, 0.25) is 0 Å². The highest BCUT2D eigenvalue weighted by Gasteiger charge is 2.26. The van der Waals surface area contributed by atoms with Crippen LogP contribution in [0.5, 0.6) is 0 Å². The largest absolute Gasteiger partial charge is 0.378 e. The van der Waals surface area contributed by atoms with Gasteiger partial charge in [-0.25, -0.2) is 5.01 Å². The number of ether oxygens (including phenoxy) is 1. The van der Waals surface area contributed by atoms with E-state index in [1.165, 1.54) is 5.01 Å². The van der Waals surface area contributed by atoms with Crippen molar-refractivity contribution in [1.29, 1.82) is 0 Å². The maximum absolute atomic E-state index is 12.4. The molecule has 0 bridgehead atoms. The molecule has 27 heavy (non-hydrogen) atoms. The molecule has 1 fully saturated rings. The Morgan fingerprint density at radius 2 is 2.04 bits per heavy atom. The zero-order chi connectivity index (χ0) is 19.2. The minimum atomic E-state index is -0.0943. The Bertz CT molecular complexity index is 687. The second-order valence-corrected chi connectivity index (χ2v) is 7.62.